The van der Waals surface area contributed by atoms with Crippen molar-refractivity contribution >= 4 is 11.7 Å². The number of nitrogens with one attached hydrogen (secondary N) is 1. The maximum Gasteiger partial charge on any atom is 0.224 e. The first kappa shape index (κ1) is 19.3. The number of nitrogens with zero attached hydrogens (tertiary/aromatic N) is 1. The fourth-order valence-corrected chi connectivity index (χ4v) is 3.89. The van der Waals surface area contributed by atoms with E-state index >= 15 is 0 Å². The zero-order valence-electron chi connectivity index (χ0n) is 16.4. The third-order valence-corrected chi connectivity index (χ3v) is 5.52. The van der Waals surface area contributed by atoms with Crippen LogP contribution in [0, 0.1) is 5.92 Å². The number of hydrogen-bond donors (Lipinski definition) is 1. The minimum absolute atomic E-state index is 0.0291. The van der Waals surface area contributed by atoms with Gasteiger partial charge in [-0.1, -0.05) is 56.3 Å². The highest BCUT2D eigenvalue weighted by molar-refractivity contribution is 6.09. The van der Waals surface area contributed by atoms with E-state index in [2.05, 4.69) is 24.1 Å². The monoisotopic (exact) mass is 364 g/mol. The summed E-state index contributed by atoms with van der Waals surface area (Å²) in [5.41, 5.74) is 3.68. The van der Waals surface area contributed by atoms with Crippen LogP contribution in [-0.2, 0) is 17.6 Å². The molecular weight excluding hydrogens is 336 g/mol. The number of carbonyl (C=O) groups excluding carboxylic acids is 2. The highest BCUT2D eigenvalue weighted by Crippen LogP contribution is 2.28. The molecule has 1 amide bonds. The molecule has 142 valence electrons. The van der Waals surface area contributed by atoms with Crippen molar-refractivity contribution in [1.29, 1.82) is 0 Å². The van der Waals surface area contributed by atoms with Gasteiger partial charge in [0, 0.05) is 17.0 Å². The van der Waals surface area contributed by atoms with Gasteiger partial charge in [0.15, 0.2) is 5.78 Å². The van der Waals surface area contributed by atoms with Crippen LogP contribution in [0.3, 0.4) is 0 Å². The molecule has 2 unspecified atom stereocenters. The van der Waals surface area contributed by atoms with Crippen molar-refractivity contribution in [3.63, 3.8) is 0 Å². The standard InChI is InChI=1S/C23H28N2O2/c1-4-25(5-2)16(3)24-23(27)21-13-18-11-12-19(14-20(18)15-21)22(26)17-9-7-6-8-10-17/h6-12,14,16,21H,4-5,13,15H2,1-3H3,(H,24,27). The summed E-state index contributed by atoms with van der Waals surface area (Å²) in [6.45, 7) is 8.05. The first-order chi connectivity index (χ1) is 13.0. The first-order valence-electron chi connectivity index (χ1n) is 9.79. The first-order valence-corrected chi connectivity index (χ1v) is 9.79. The Labute approximate surface area is 161 Å². The summed E-state index contributed by atoms with van der Waals surface area (Å²) in [5.74, 6) is 0.0723. The van der Waals surface area contributed by atoms with Gasteiger partial charge in [-0.15, -0.1) is 0 Å². The topological polar surface area (TPSA) is 49.4 Å². The van der Waals surface area contributed by atoms with Crippen molar-refractivity contribution in [2.75, 3.05) is 13.1 Å². The molecule has 0 aromatic heterocycles. The maximum atomic E-state index is 12.7. The van der Waals surface area contributed by atoms with Gasteiger partial charge in [-0.3, -0.25) is 14.5 Å². The number of benzene rings is 2. The molecule has 27 heavy (non-hydrogen) atoms. The zero-order valence-corrected chi connectivity index (χ0v) is 16.4. The summed E-state index contributed by atoms with van der Waals surface area (Å²) in [5, 5.41) is 3.14. The van der Waals surface area contributed by atoms with Crippen LogP contribution in [0.25, 0.3) is 0 Å². The van der Waals surface area contributed by atoms with Gasteiger partial charge >= 0.3 is 0 Å². The summed E-state index contributed by atoms with van der Waals surface area (Å²) < 4.78 is 0. The zero-order chi connectivity index (χ0) is 19.4. The van der Waals surface area contributed by atoms with E-state index < -0.39 is 0 Å². The third kappa shape index (κ3) is 4.28. The van der Waals surface area contributed by atoms with Gasteiger partial charge in [-0.05, 0) is 50.0 Å². The molecule has 2 atom stereocenters. The van der Waals surface area contributed by atoms with Gasteiger partial charge in [0.25, 0.3) is 0 Å². The quantitative estimate of drug-likeness (QED) is 0.605. The Bertz CT molecular complexity index is 812. The molecule has 1 N–H and O–H groups in total. The van der Waals surface area contributed by atoms with Crippen LogP contribution in [0.2, 0.25) is 0 Å². The normalized spacial score (nSPS) is 16.8. The van der Waals surface area contributed by atoms with Gasteiger partial charge in [-0.2, -0.15) is 0 Å². The number of ketones is 1. The molecule has 3 rings (SSSR count). The Hall–Kier alpha value is -2.46. The highest BCUT2D eigenvalue weighted by Gasteiger charge is 2.29. The molecule has 0 heterocycles. The lowest BCUT2D eigenvalue weighted by Crippen LogP contribution is -2.48. The number of fused-ring (bicyclic) bond motifs is 1. The van der Waals surface area contributed by atoms with E-state index in [9.17, 15) is 9.59 Å². The second kappa shape index (κ2) is 8.49. The summed E-state index contributed by atoms with van der Waals surface area (Å²) in [6.07, 6.45) is 1.47. The van der Waals surface area contributed by atoms with Gasteiger partial charge in [0.05, 0.1) is 6.17 Å². The van der Waals surface area contributed by atoms with Gasteiger partial charge in [0.1, 0.15) is 0 Å². The maximum absolute atomic E-state index is 12.7. The van der Waals surface area contributed by atoms with E-state index in [1.807, 2.05) is 55.5 Å². The van der Waals surface area contributed by atoms with Crippen LogP contribution in [0.1, 0.15) is 47.8 Å². The molecule has 0 saturated carbocycles. The third-order valence-electron chi connectivity index (χ3n) is 5.52. The Kier molecular flexibility index (Phi) is 6.07. The Balaban J connectivity index is 1.68. The van der Waals surface area contributed by atoms with Gasteiger partial charge in [-0.25, -0.2) is 0 Å². The van der Waals surface area contributed by atoms with Crippen LogP contribution in [0.5, 0.6) is 0 Å². The molecule has 2 aromatic carbocycles. The van der Waals surface area contributed by atoms with Crippen molar-refractivity contribution < 1.29 is 9.59 Å². The van der Waals surface area contributed by atoms with Gasteiger partial charge in [0.2, 0.25) is 5.91 Å². The summed E-state index contributed by atoms with van der Waals surface area (Å²) >= 11 is 0. The number of hydrogen-bond acceptors (Lipinski definition) is 3. The lowest BCUT2D eigenvalue weighted by atomic mass is 9.99. The minimum Gasteiger partial charge on any atom is -0.341 e. The molecule has 1 aliphatic rings. The van der Waals surface area contributed by atoms with Crippen LogP contribution in [0.15, 0.2) is 48.5 Å². The van der Waals surface area contributed by atoms with Crippen LogP contribution in [0.4, 0.5) is 0 Å². The second-order valence-electron chi connectivity index (χ2n) is 7.19. The minimum atomic E-state index is -0.0555. The van der Waals surface area contributed by atoms with Crippen LogP contribution in [-0.4, -0.2) is 35.8 Å². The van der Waals surface area contributed by atoms with Crippen molar-refractivity contribution in [2.45, 2.75) is 39.8 Å². The molecule has 1 aliphatic carbocycles. The fraction of sp³-hybridized carbons (Fsp3) is 0.391. The van der Waals surface area contributed by atoms with Crippen LogP contribution >= 0.6 is 0 Å². The molecule has 4 heteroatoms. The number of carbonyl (C=O) groups is 2. The molecule has 0 saturated heterocycles. The van der Waals surface area contributed by atoms with Crippen molar-refractivity contribution in [1.82, 2.24) is 10.2 Å². The molecule has 0 spiro atoms. The lowest BCUT2D eigenvalue weighted by molar-refractivity contribution is -0.126. The average Bonchev–Trinajstić information content (AvgIpc) is 3.12. The predicted octanol–water partition coefficient (Wildman–Crippen LogP) is 3.44. The average molecular weight is 364 g/mol. The predicted molar refractivity (Wildman–Crippen MR) is 108 cm³/mol. The van der Waals surface area contributed by atoms with Gasteiger partial charge < -0.3 is 5.32 Å². The van der Waals surface area contributed by atoms with E-state index in [-0.39, 0.29) is 23.8 Å². The molecule has 0 radical (unpaired) electrons. The Morgan fingerprint density at radius 1 is 1.00 bits per heavy atom. The number of amides is 1. The summed E-state index contributed by atoms with van der Waals surface area (Å²) in [4.78, 5) is 27.6. The van der Waals surface area contributed by atoms with Crippen molar-refractivity contribution in [3.05, 3.63) is 70.8 Å². The van der Waals surface area contributed by atoms with E-state index in [0.29, 0.717) is 17.5 Å². The van der Waals surface area contributed by atoms with Crippen molar-refractivity contribution in [2.24, 2.45) is 5.92 Å². The van der Waals surface area contributed by atoms with E-state index in [1.165, 1.54) is 5.56 Å². The summed E-state index contributed by atoms with van der Waals surface area (Å²) in [6, 6.07) is 15.2. The molecule has 4 nitrogen and oxygen atoms in total. The largest absolute Gasteiger partial charge is 0.341 e. The molecule has 2 aromatic rings. The van der Waals surface area contributed by atoms with E-state index in [1.54, 1.807) is 0 Å². The van der Waals surface area contributed by atoms with Crippen LogP contribution < -0.4 is 5.32 Å². The van der Waals surface area contributed by atoms with Crippen molar-refractivity contribution in [3.8, 4) is 0 Å². The Morgan fingerprint density at radius 3 is 2.33 bits per heavy atom. The smallest absolute Gasteiger partial charge is 0.224 e. The SMILES string of the molecule is CCN(CC)C(C)NC(=O)C1Cc2ccc(C(=O)c3ccccc3)cc2C1. The van der Waals surface area contributed by atoms with E-state index in [0.717, 1.165) is 25.1 Å². The molecule has 0 aliphatic heterocycles. The Morgan fingerprint density at radius 2 is 1.67 bits per heavy atom. The second-order valence-corrected chi connectivity index (χ2v) is 7.19. The van der Waals surface area contributed by atoms with E-state index in [4.69, 9.17) is 0 Å². The summed E-state index contributed by atoms with van der Waals surface area (Å²) in [7, 11) is 0. The molecular formula is C23H28N2O2. The fourth-order valence-electron chi connectivity index (χ4n) is 3.89. The molecule has 0 fully saturated rings. The number of rotatable bonds is 7. The lowest BCUT2D eigenvalue weighted by Gasteiger charge is -2.28. The molecule has 0 bridgehead atoms. The highest BCUT2D eigenvalue weighted by atomic mass is 16.2.